The number of fused-ring (bicyclic) bond motifs is 4. The minimum absolute atomic E-state index is 0.172. The summed E-state index contributed by atoms with van der Waals surface area (Å²) in [6, 6.07) is 16.2. The van der Waals surface area contributed by atoms with Gasteiger partial charge in [0.2, 0.25) is 17.7 Å². The van der Waals surface area contributed by atoms with Crippen molar-refractivity contribution < 1.29 is 18.8 Å². The first-order chi connectivity index (χ1) is 17.2. The van der Waals surface area contributed by atoms with Gasteiger partial charge in [-0.25, -0.2) is 9.29 Å². The van der Waals surface area contributed by atoms with Crippen LogP contribution in [-0.4, -0.2) is 23.8 Å². The lowest BCUT2D eigenvalue weighted by Gasteiger charge is -2.29. The number of amides is 3. The molecular weight excluding hydrogens is 504 g/mol. The third kappa shape index (κ3) is 3.09. The van der Waals surface area contributed by atoms with Gasteiger partial charge in [-0.15, -0.1) is 0 Å². The lowest BCUT2D eigenvalue weighted by Crippen LogP contribution is -2.53. The number of hydrogen-bond donors (Lipinski definition) is 2. The van der Waals surface area contributed by atoms with E-state index in [4.69, 9.17) is 23.2 Å². The summed E-state index contributed by atoms with van der Waals surface area (Å²) in [5, 5.41) is 6.60. The molecule has 0 radical (unpaired) electrons. The van der Waals surface area contributed by atoms with E-state index in [-0.39, 0.29) is 10.7 Å². The van der Waals surface area contributed by atoms with Gasteiger partial charge in [0.25, 0.3) is 0 Å². The number of hydrogen-bond acceptors (Lipinski definition) is 4. The Hall–Kier alpha value is -3.26. The molecule has 0 bridgehead atoms. The zero-order valence-electron chi connectivity index (χ0n) is 19.0. The summed E-state index contributed by atoms with van der Waals surface area (Å²) >= 11 is 12.3. The van der Waals surface area contributed by atoms with Crippen LogP contribution in [0, 0.1) is 24.6 Å². The highest BCUT2D eigenvalue weighted by atomic mass is 35.5. The Balaban J connectivity index is 1.52. The monoisotopic (exact) mass is 523 g/mol. The first-order valence-electron chi connectivity index (χ1n) is 11.5. The Morgan fingerprint density at radius 1 is 0.972 bits per heavy atom. The lowest BCUT2D eigenvalue weighted by atomic mass is 9.76. The molecule has 3 aromatic rings. The summed E-state index contributed by atoms with van der Waals surface area (Å²) in [5.74, 6) is -3.89. The number of benzene rings is 3. The van der Waals surface area contributed by atoms with Gasteiger partial charge in [0, 0.05) is 16.6 Å². The summed E-state index contributed by atoms with van der Waals surface area (Å²) < 4.78 is 13.8. The van der Waals surface area contributed by atoms with E-state index in [2.05, 4.69) is 10.6 Å². The average Bonchev–Trinajstić information content (AvgIpc) is 3.44. The molecule has 36 heavy (non-hydrogen) atoms. The van der Waals surface area contributed by atoms with Crippen LogP contribution in [0.2, 0.25) is 10.0 Å². The van der Waals surface area contributed by atoms with Crippen molar-refractivity contribution in [2.75, 3.05) is 10.2 Å². The summed E-state index contributed by atoms with van der Waals surface area (Å²) in [4.78, 5) is 42.6. The topological polar surface area (TPSA) is 78.5 Å². The van der Waals surface area contributed by atoms with Crippen molar-refractivity contribution >= 4 is 52.3 Å². The average molecular weight is 524 g/mol. The number of imide groups is 1. The van der Waals surface area contributed by atoms with Gasteiger partial charge in [0.05, 0.1) is 28.2 Å². The fourth-order valence-electron chi connectivity index (χ4n) is 5.91. The van der Waals surface area contributed by atoms with Gasteiger partial charge in [-0.05, 0) is 48.7 Å². The largest absolute Gasteiger partial charge is 0.324 e. The molecule has 3 amide bonds. The van der Waals surface area contributed by atoms with Crippen molar-refractivity contribution in [1.29, 1.82) is 0 Å². The summed E-state index contributed by atoms with van der Waals surface area (Å²) in [6.45, 7) is 1.79. The van der Waals surface area contributed by atoms with E-state index in [9.17, 15) is 18.8 Å². The number of carbonyl (C=O) groups is 3. The van der Waals surface area contributed by atoms with Crippen molar-refractivity contribution in [1.82, 2.24) is 5.32 Å². The number of anilines is 2. The minimum Gasteiger partial charge on any atom is -0.324 e. The zero-order valence-corrected chi connectivity index (χ0v) is 20.5. The molecule has 3 heterocycles. The summed E-state index contributed by atoms with van der Waals surface area (Å²) in [6.07, 6.45) is 0.427. The maximum Gasteiger partial charge on any atom is 0.250 e. The van der Waals surface area contributed by atoms with Gasteiger partial charge in [-0.2, -0.15) is 0 Å². The number of carbonyl (C=O) groups excluding carboxylic acids is 3. The van der Waals surface area contributed by atoms with Crippen LogP contribution >= 0.6 is 23.2 Å². The lowest BCUT2D eigenvalue weighted by molar-refractivity contribution is -0.130. The van der Waals surface area contributed by atoms with Gasteiger partial charge in [0.1, 0.15) is 11.4 Å². The Morgan fingerprint density at radius 2 is 1.72 bits per heavy atom. The molecule has 2 fully saturated rings. The molecular formula is C27H20Cl2FN3O3. The Labute approximate surface area is 216 Å². The molecule has 4 unspecified atom stereocenters. The van der Waals surface area contributed by atoms with Gasteiger partial charge < -0.3 is 5.32 Å². The standard InChI is InChI=1S/C27H20Cl2FN3O3/c1-13-17(28)9-8-16-23(13)31-26(36)27(16)22-21(20(32-27)11-14-5-3-2-4-6-14)24(34)33(25(22)35)15-7-10-19(30)18(29)12-15/h2-10,12,20-22,32H,11H2,1H3,(H,31,36). The second-order valence-corrected chi connectivity index (χ2v) is 10.2. The van der Waals surface area contributed by atoms with Gasteiger partial charge in [-0.3, -0.25) is 19.7 Å². The molecule has 3 aromatic carbocycles. The van der Waals surface area contributed by atoms with E-state index in [0.717, 1.165) is 16.5 Å². The third-order valence-electron chi connectivity index (χ3n) is 7.54. The van der Waals surface area contributed by atoms with Crippen LogP contribution in [0.25, 0.3) is 0 Å². The zero-order chi connectivity index (χ0) is 25.4. The molecule has 2 saturated heterocycles. The van der Waals surface area contributed by atoms with Crippen molar-refractivity contribution in [3.63, 3.8) is 0 Å². The fourth-order valence-corrected chi connectivity index (χ4v) is 6.24. The first-order valence-corrected chi connectivity index (χ1v) is 12.2. The number of nitrogens with zero attached hydrogens (tertiary/aromatic N) is 1. The smallest absolute Gasteiger partial charge is 0.250 e. The van der Waals surface area contributed by atoms with E-state index in [1.54, 1.807) is 19.1 Å². The maximum absolute atomic E-state index is 14.0. The molecule has 182 valence electrons. The highest BCUT2D eigenvalue weighted by Crippen LogP contribution is 2.55. The van der Waals surface area contributed by atoms with Gasteiger partial charge in [-0.1, -0.05) is 59.6 Å². The summed E-state index contributed by atoms with van der Waals surface area (Å²) in [7, 11) is 0. The molecule has 1 spiro atoms. The molecule has 3 aliphatic heterocycles. The van der Waals surface area contributed by atoms with Crippen molar-refractivity contribution in [2.45, 2.75) is 24.9 Å². The SMILES string of the molecule is Cc1c(Cl)ccc2c1NC(=O)C21NC(Cc2ccccc2)C2C(=O)N(c3ccc(F)c(Cl)c3)C(=O)C21. The Kier molecular flexibility index (Phi) is 5.23. The first kappa shape index (κ1) is 23.2. The Bertz CT molecular complexity index is 1460. The van der Waals surface area contributed by atoms with E-state index in [1.165, 1.54) is 12.1 Å². The normalized spacial score (nSPS) is 26.5. The van der Waals surface area contributed by atoms with Crippen LogP contribution in [0.5, 0.6) is 0 Å². The van der Waals surface area contributed by atoms with Crippen molar-refractivity contribution in [2.24, 2.45) is 11.8 Å². The second-order valence-electron chi connectivity index (χ2n) is 9.41. The van der Waals surface area contributed by atoms with Crippen molar-refractivity contribution in [3.05, 3.63) is 93.2 Å². The van der Waals surface area contributed by atoms with Crippen LogP contribution < -0.4 is 15.5 Å². The molecule has 0 aliphatic carbocycles. The third-order valence-corrected chi connectivity index (χ3v) is 8.24. The molecule has 9 heteroatoms. The van der Waals surface area contributed by atoms with Crippen LogP contribution in [0.15, 0.2) is 60.7 Å². The van der Waals surface area contributed by atoms with E-state index >= 15 is 0 Å². The van der Waals surface area contributed by atoms with E-state index in [0.29, 0.717) is 28.3 Å². The van der Waals surface area contributed by atoms with Crippen LogP contribution in [0.1, 0.15) is 16.7 Å². The Morgan fingerprint density at radius 3 is 2.44 bits per heavy atom. The molecule has 0 aromatic heterocycles. The summed E-state index contributed by atoms with van der Waals surface area (Å²) in [5.41, 5.74) is 1.48. The van der Waals surface area contributed by atoms with Crippen LogP contribution in [0.3, 0.4) is 0 Å². The van der Waals surface area contributed by atoms with Crippen LogP contribution in [0.4, 0.5) is 15.8 Å². The molecule has 6 rings (SSSR count). The number of rotatable bonds is 3. The van der Waals surface area contributed by atoms with E-state index in [1.807, 2.05) is 30.3 Å². The quantitative estimate of drug-likeness (QED) is 0.491. The second kappa shape index (κ2) is 8.13. The van der Waals surface area contributed by atoms with Gasteiger partial charge in [0.15, 0.2) is 0 Å². The number of halogens is 3. The fraction of sp³-hybridized carbons (Fsp3) is 0.222. The highest BCUT2D eigenvalue weighted by Gasteiger charge is 2.70. The van der Waals surface area contributed by atoms with E-state index < -0.39 is 47.0 Å². The molecule has 3 aliphatic rings. The molecule has 0 saturated carbocycles. The molecule has 4 atom stereocenters. The minimum atomic E-state index is -1.46. The maximum atomic E-state index is 14.0. The molecule has 6 nitrogen and oxygen atoms in total. The predicted molar refractivity (Wildman–Crippen MR) is 134 cm³/mol. The van der Waals surface area contributed by atoms with Crippen LogP contribution in [-0.2, 0) is 26.3 Å². The predicted octanol–water partition coefficient (Wildman–Crippen LogP) is 4.61. The number of nitrogens with one attached hydrogen (secondary N) is 2. The molecule has 2 N–H and O–H groups in total. The van der Waals surface area contributed by atoms with Crippen molar-refractivity contribution in [3.8, 4) is 0 Å². The van der Waals surface area contributed by atoms with Gasteiger partial charge >= 0.3 is 0 Å². The highest BCUT2D eigenvalue weighted by molar-refractivity contribution is 6.33.